The maximum Gasteiger partial charge on any atom is 0.303 e. The number of halogens is 1. The van der Waals surface area contributed by atoms with E-state index in [9.17, 15) is 4.79 Å². The number of carboxylic acid groups (broad SMARTS) is 1. The maximum atomic E-state index is 10.4. The SMILES string of the molecule is COc1ccc(/C(C)=C/CCC(=O)O)cc1Cl. The third kappa shape index (κ3) is 4.11. The topological polar surface area (TPSA) is 46.5 Å². The Morgan fingerprint density at radius 3 is 2.76 bits per heavy atom. The number of hydrogen-bond donors (Lipinski definition) is 1. The molecule has 4 heteroatoms. The van der Waals surface area contributed by atoms with Crippen LogP contribution in [0.15, 0.2) is 24.3 Å². The summed E-state index contributed by atoms with van der Waals surface area (Å²) in [4.78, 5) is 10.4. The quantitative estimate of drug-likeness (QED) is 0.873. The summed E-state index contributed by atoms with van der Waals surface area (Å²) in [6.07, 6.45) is 2.55. The zero-order valence-corrected chi connectivity index (χ0v) is 10.6. The molecule has 0 unspecified atom stereocenters. The molecule has 0 amide bonds. The van der Waals surface area contributed by atoms with Crippen LogP contribution in [0.4, 0.5) is 0 Å². The third-order valence-corrected chi connectivity index (χ3v) is 2.71. The van der Waals surface area contributed by atoms with Gasteiger partial charge in [0.1, 0.15) is 5.75 Å². The highest BCUT2D eigenvalue weighted by Crippen LogP contribution is 2.28. The Balaban J connectivity index is 2.78. The van der Waals surface area contributed by atoms with E-state index in [4.69, 9.17) is 21.4 Å². The lowest BCUT2D eigenvalue weighted by atomic mass is 10.1. The van der Waals surface area contributed by atoms with E-state index in [-0.39, 0.29) is 6.42 Å². The summed E-state index contributed by atoms with van der Waals surface area (Å²) in [6, 6.07) is 5.51. The normalized spacial score (nSPS) is 11.4. The van der Waals surface area contributed by atoms with Gasteiger partial charge in [0.25, 0.3) is 0 Å². The summed E-state index contributed by atoms with van der Waals surface area (Å²) in [5, 5.41) is 9.09. The number of carbonyl (C=O) groups is 1. The Hall–Kier alpha value is -1.48. The number of aliphatic carboxylic acids is 1. The fourth-order valence-electron chi connectivity index (χ4n) is 1.44. The molecule has 1 aromatic carbocycles. The van der Waals surface area contributed by atoms with Crippen molar-refractivity contribution in [2.45, 2.75) is 19.8 Å². The zero-order chi connectivity index (χ0) is 12.8. The van der Waals surface area contributed by atoms with E-state index in [1.165, 1.54) is 0 Å². The van der Waals surface area contributed by atoms with E-state index < -0.39 is 5.97 Å². The van der Waals surface area contributed by atoms with Gasteiger partial charge >= 0.3 is 5.97 Å². The van der Waals surface area contributed by atoms with E-state index >= 15 is 0 Å². The minimum absolute atomic E-state index is 0.140. The van der Waals surface area contributed by atoms with Crippen LogP contribution in [0.1, 0.15) is 25.3 Å². The van der Waals surface area contributed by atoms with Crippen molar-refractivity contribution in [2.24, 2.45) is 0 Å². The first-order valence-electron chi connectivity index (χ1n) is 5.27. The molecule has 1 aromatic rings. The molecule has 0 atom stereocenters. The first kappa shape index (κ1) is 13.6. The molecule has 17 heavy (non-hydrogen) atoms. The van der Waals surface area contributed by atoms with Crippen LogP contribution in [0, 0.1) is 0 Å². The van der Waals surface area contributed by atoms with Gasteiger partial charge in [-0.2, -0.15) is 0 Å². The highest BCUT2D eigenvalue weighted by Gasteiger charge is 2.03. The molecule has 0 aliphatic rings. The molecular formula is C13H15ClO3. The van der Waals surface area contributed by atoms with Crippen LogP contribution in [0.5, 0.6) is 5.75 Å². The van der Waals surface area contributed by atoms with Gasteiger partial charge in [-0.15, -0.1) is 0 Å². The molecule has 0 radical (unpaired) electrons. The van der Waals surface area contributed by atoms with E-state index in [1.54, 1.807) is 13.2 Å². The summed E-state index contributed by atoms with van der Waals surface area (Å²) in [5.74, 6) is -0.157. The minimum Gasteiger partial charge on any atom is -0.495 e. The standard InChI is InChI=1S/C13H15ClO3/c1-9(4-3-5-13(15)16)10-6-7-12(17-2)11(14)8-10/h4,6-8H,3,5H2,1-2H3,(H,15,16)/b9-4+. The van der Waals surface area contributed by atoms with Crippen molar-refractivity contribution in [3.63, 3.8) is 0 Å². The lowest BCUT2D eigenvalue weighted by Gasteiger charge is -2.06. The molecule has 0 saturated carbocycles. The molecule has 0 aromatic heterocycles. The first-order valence-corrected chi connectivity index (χ1v) is 5.65. The molecule has 0 heterocycles. The number of hydrogen-bond acceptors (Lipinski definition) is 2. The highest BCUT2D eigenvalue weighted by atomic mass is 35.5. The number of methoxy groups -OCH3 is 1. The van der Waals surface area contributed by atoms with Gasteiger partial charge < -0.3 is 9.84 Å². The Bertz CT molecular complexity index is 438. The first-order chi connectivity index (χ1) is 8.04. The second-order valence-electron chi connectivity index (χ2n) is 3.67. The molecule has 0 saturated heterocycles. The van der Waals surface area contributed by atoms with Crippen LogP contribution in [-0.2, 0) is 4.79 Å². The number of allylic oxidation sites excluding steroid dienone is 2. The molecule has 3 nitrogen and oxygen atoms in total. The van der Waals surface area contributed by atoms with Crippen molar-refractivity contribution in [2.75, 3.05) is 7.11 Å². The minimum atomic E-state index is -0.790. The predicted molar refractivity (Wildman–Crippen MR) is 68.5 cm³/mol. The van der Waals surface area contributed by atoms with Gasteiger partial charge in [-0.3, -0.25) is 4.79 Å². The van der Waals surface area contributed by atoms with Gasteiger partial charge in [-0.25, -0.2) is 0 Å². The van der Waals surface area contributed by atoms with Crippen molar-refractivity contribution >= 4 is 23.1 Å². The predicted octanol–water partition coefficient (Wildman–Crippen LogP) is 3.62. The van der Waals surface area contributed by atoms with Crippen LogP contribution in [-0.4, -0.2) is 18.2 Å². The maximum absolute atomic E-state index is 10.4. The molecular weight excluding hydrogens is 240 g/mol. The molecule has 0 spiro atoms. The Morgan fingerprint density at radius 2 is 2.24 bits per heavy atom. The summed E-state index contributed by atoms with van der Waals surface area (Å²) >= 11 is 6.01. The molecule has 1 N–H and O–H groups in total. The van der Waals surface area contributed by atoms with Crippen molar-refractivity contribution in [1.29, 1.82) is 0 Å². The molecule has 92 valence electrons. The van der Waals surface area contributed by atoms with Gasteiger partial charge in [0.05, 0.1) is 12.1 Å². The summed E-state index contributed by atoms with van der Waals surface area (Å²) in [6.45, 7) is 1.93. The van der Waals surface area contributed by atoms with Gasteiger partial charge in [0.15, 0.2) is 0 Å². The van der Waals surface area contributed by atoms with Crippen LogP contribution in [0.25, 0.3) is 5.57 Å². The molecule has 1 rings (SSSR count). The fourth-order valence-corrected chi connectivity index (χ4v) is 1.70. The van der Waals surface area contributed by atoms with Crippen LogP contribution in [0.3, 0.4) is 0 Å². The van der Waals surface area contributed by atoms with Gasteiger partial charge in [0, 0.05) is 6.42 Å². The fraction of sp³-hybridized carbons (Fsp3) is 0.308. The lowest BCUT2D eigenvalue weighted by Crippen LogP contribution is -1.92. The summed E-state index contributed by atoms with van der Waals surface area (Å²) in [5.41, 5.74) is 1.98. The van der Waals surface area contributed by atoms with Crippen LogP contribution >= 0.6 is 11.6 Å². The van der Waals surface area contributed by atoms with Crippen LogP contribution in [0.2, 0.25) is 5.02 Å². The lowest BCUT2D eigenvalue weighted by molar-refractivity contribution is -0.136. The average molecular weight is 255 g/mol. The van der Waals surface area contributed by atoms with E-state index in [2.05, 4.69) is 0 Å². The van der Waals surface area contributed by atoms with E-state index in [1.807, 2.05) is 25.1 Å². The zero-order valence-electron chi connectivity index (χ0n) is 9.87. The third-order valence-electron chi connectivity index (χ3n) is 2.42. The van der Waals surface area contributed by atoms with Crippen LogP contribution < -0.4 is 4.74 Å². The molecule has 0 bridgehead atoms. The Kier molecular flexibility index (Phi) is 5.04. The van der Waals surface area contributed by atoms with Gasteiger partial charge in [0.2, 0.25) is 0 Å². The van der Waals surface area contributed by atoms with Crippen molar-refractivity contribution < 1.29 is 14.6 Å². The molecule has 0 aliphatic carbocycles. The Morgan fingerprint density at radius 1 is 1.53 bits per heavy atom. The smallest absolute Gasteiger partial charge is 0.303 e. The largest absolute Gasteiger partial charge is 0.495 e. The van der Waals surface area contributed by atoms with E-state index in [0.717, 1.165) is 11.1 Å². The molecule has 0 aliphatic heterocycles. The summed E-state index contributed by atoms with van der Waals surface area (Å²) in [7, 11) is 1.57. The van der Waals surface area contributed by atoms with Crippen molar-refractivity contribution in [1.82, 2.24) is 0 Å². The Labute approximate surface area is 106 Å². The number of ether oxygens (including phenoxy) is 1. The average Bonchev–Trinajstić information content (AvgIpc) is 2.28. The number of benzene rings is 1. The second-order valence-corrected chi connectivity index (χ2v) is 4.08. The second kappa shape index (κ2) is 6.30. The van der Waals surface area contributed by atoms with Crippen molar-refractivity contribution in [3.05, 3.63) is 34.9 Å². The number of carboxylic acids is 1. The highest BCUT2D eigenvalue weighted by molar-refractivity contribution is 6.32. The summed E-state index contributed by atoms with van der Waals surface area (Å²) < 4.78 is 5.06. The monoisotopic (exact) mass is 254 g/mol. The van der Waals surface area contributed by atoms with Gasteiger partial charge in [-0.1, -0.05) is 23.7 Å². The van der Waals surface area contributed by atoms with Gasteiger partial charge in [-0.05, 0) is 36.6 Å². The molecule has 0 fully saturated rings. The van der Waals surface area contributed by atoms with Crippen molar-refractivity contribution in [3.8, 4) is 5.75 Å². The van der Waals surface area contributed by atoms with E-state index in [0.29, 0.717) is 17.2 Å². The number of rotatable bonds is 5.